The Labute approximate surface area is 119 Å². The molecule has 0 saturated heterocycles. The Hall–Kier alpha value is -1.63. The van der Waals surface area contributed by atoms with Gasteiger partial charge in [0.25, 0.3) is 0 Å². The van der Waals surface area contributed by atoms with E-state index in [1.165, 1.54) is 12.8 Å². The largest absolute Gasteiger partial charge is 0.463 e. The van der Waals surface area contributed by atoms with Crippen molar-refractivity contribution in [2.45, 2.75) is 52.0 Å². The summed E-state index contributed by atoms with van der Waals surface area (Å²) in [6, 6.07) is 0.889. The van der Waals surface area contributed by atoms with Gasteiger partial charge < -0.3 is 9.64 Å². The third-order valence-electron chi connectivity index (χ3n) is 3.16. The van der Waals surface area contributed by atoms with Gasteiger partial charge in [-0.15, -0.1) is 0 Å². The van der Waals surface area contributed by atoms with Crippen LogP contribution in [-0.4, -0.2) is 34.1 Å². The van der Waals surface area contributed by atoms with Crippen molar-refractivity contribution in [2.24, 2.45) is 5.84 Å². The predicted molar refractivity (Wildman–Crippen MR) is 78.7 cm³/mol. The fourth-order valence-electron chi connectivity index (χ4n) is 1.96. The molecule has 0 bridgehead atoms. The van der Waals surface area contributed by atoms with Gasteiger partial charge in [0.05, 0.1) is 6.61 Å². The first-order valence-corrected chi connectivity index (χ1v) is 7.40. The van der Waals surface area contributed by atoms with Crippen LogP contribution in [0.5, 0.6) is 6.01 Å². The van der Waals surface area contributed by atoms with Gasteiger partial charge in [-0.2, -0.15) is 15.0 Å². The molecule has 1 fully saturated rings. The van der Waals surface area contributed by atoms with Gasteiger partial charge in [-0.3, -0.25) is 5.43 Å². The topological polar surface area (TPSA) is 89.2 Å². The van der Waals surface area contributed by atoms with Crippen molar-refractivity contribution in [3.63, 3.8) is 0 Å². The van der Waals surface area contributed by atoms with E-state index in [1.807, 2.05) is 6.92 Å². The zero-order valence-corrected chi connectivity index (χ0v) is 12.3. The smallest absolute Gasteiger partial charge is 0.323 e. The number of unbranched alkanes of at least 4 members (excludes halogenated alkanes) is 1. The molecule has 20 heavy (non-hydrogen) atoms. The van der Waals surface area contributed by atoms with E-state index in [2.05, 4.69) is 32.2 Å². The SMILES string of the molecule is CCCCN(c1nc(NN)nc(OCCC)n1)C1CC1. The van der Waals surface area contributed by atoms with Crippen LogP contribution in [0, 0.1) is 0 Å². The summed E-state index contributed by atoms with van der Waals surface area (Å²) < 4.78 is 5.51. The molecule has 1 aliphatic carbocycles. The molecule has 0 aliphatic heterocycles. The summed E-state index contributed by atoms with van der Waals surface area (Å²) >= 11 is 0. The fraction of sp³-hybridized carbons (Fsp3) is 0.769. The summed E-state index contributed by atoms with van der Waals surface area (Å²) in [6.45, 7) is 5.78. The highest BCUT2D eigenvalue weighted by molar-refractivity contribution is 5.40. The lowest BCUT2D eigenvalue weighted by Gasteiger charge is -2.22. The summed E-state index contributed by atoms with van der Waals surface area (Å²) in [5.41, 5.74) is 2.49. The number of nitrogens with two attached hydrogens (primary N) is 1. The first-order chi connectivity index (χ1) is 9.78. The van der Waals surface area contributed by atoms with Gasteiger partial charge in [0.2, 0.25) is 11.9 Å². The second-order valence-corrected chi connectivity index (χ2v) is 5.01. The molecule has 0 amide bonds. The van der Waals surface area contributed by atoms with Crippen LogP contribution in [-0.2, 0) is 0 Å². The van der Waals surface area contributed by atoms with Crippen LogP contribution in [0.15, 0.2) is 0 Å². The lowest BCUT2D eigenvalue weighted by Crippen LogP contribution is -2.29. The standard InChI is InChI=1S/C13H24N6O/c1-3-5-8-19(10-6-7-10)12-15-11(18-14)16-13(17-12)20-9-4-2/h10H,3-9,14H2,1-2H3,(H,15,16,17,18). The third kappa shape index (κ3) is 3.93. The molecule has 0 aromatic carbocycles. The van der Waals surface area contributed by atoms with E-state index in [0.717, 1.165) is 25.8 Å². The van der Waals surface area contributed by atoms with Crippen molar-refractivity contribution >= 4 is 11.9 Å². The van der Waals surface area contributed by atoms with E-state index in [9.17, 15) is 0 Å². The first-order valence-electron chi connectivity index (χ1n) is 7.40. The normalized spacial score (nSPS) is 14.2. The number of nitrogens with one attached hydrogen (secondary N) is 1. The number of nitrogen functional groups attached to an aromatic ring is 1. The molecule has 2 rings (SSSR count). The Kier molecular flexibility index (Phi) is 5.34. The number of ether oxygens (including phenoxy) is 1. The summed E-state index contributed by atoms with van der Waals surface area (Å²) in [5.74, 6) is 6.44. The summed E-state index contributed by atoms with van der Waals surface area (Å²) in [5, 5.41) is 0. The minimum absolute atomic E-state index is 0.340. The number of rotatable bonds is 9. The number of nitrogens with zero attached hydrogens (tertiary/aromatic N) is 4. The molecule has 1 aromatic rings. The van der Waals surface area contributed by atoms with Crippen molar-refractivity contribution in [3.8, 4) is 6.01 Å². The van der Waals surface area contributed by atoms with E-state index >= 15 is 0 Å². The zero-order chi connectivity index (χ0) is 14.4. The average Bonchev–Trinajstić information content (AvgIpc) is 3.30. The van der Waals surface area contributed by atoms with Gasteiger partial charge in [0, 0.05) is 12.6 Å². The second-order valence-electron chi connectivity index (χ2n) is 5.01. The minimum Gasteiger partial charge on any atom is -0.463 e. The first kappa shape index (κ1) is 14.8. The van der Waals surface area contributed by atoms with Gasteiger partial charge in [-0.05, 0) is 25.7 Å². The van der Waals surface area contributed by atoms with Gasteiger partial charge in [0.1, 0.15) is 0 Å². The molecule has 3 N–H and O–H groups in total. The van der Waals surface area contributed by atoms with E-state index in [1.54, 1.807) is 0 Å². The van der Waals surface area contributed by atoms with Crippen molar-refractivity contribution in [3.05, 3.63) is 0 Å². The van der Waals surface area contributed by atoms with Crippen molar-refractivity contribution in [2.75, 3.05) is 23.5 Å². The molecule has 112 valence electrons. The Morgan fingerprint density at radius 3 is 2.65 bits per heavy atom. The Morgan fingerprint density at radius 2 is 2.05 bits per heavy atom. The molecule has 7 heteroatoms. The third-order valence-corrected chi connectivity index (χ3v) is 3.16. The average molecular weight is 280 g/mol. The van der Waals surface area contributed by atoms with Gasteiger partial charge in [-0.25, -0.2) is 5.84 Å². The maximum absolute atomic E-state index is 5.51. The van der Waals surface area contributed by atoms with Gasteiger partial charge >= 0.3 is 6.01 Å². The second kappa shape index (κ2) is 7.23. The van der Waals surface area contributed by atoms with Crippen LogP contribution in [0.4, 0.5) is 11.9 Å². The fourth-order valence-corrected chi connectivity index (χ4v) is 1.96. The number of aromatic nitrogens is 3. The van der Waals surface area contributed by atoms with Crippen molar-refractivity contribution in [1.82, 2.24) is 15.0 Å². The van der Waals surface area contributed by atoms with E-state index in [4.69, 9.17) is 10.6 Å². The van der Waals surface area contributed by atoms with Gasteiger partial charge in [-0.1, -0.05) is 20.3 Å². The molecule has 1 aromatic heterocycles. The Bertz CT molecular complexity index is 423. The summed E-state index contributed by atoms with van der Waals surface area (Å²) in [6.07, 6.45) is 5.58. The maximum Gasteiger partial charge on any atom is 0.323 e. The molecule has 0 atom stereocenters. The predicted octanol–water partition coefficient (Wildman–Crippen LogP) is 1.71. The Balaban J connectivity index is 2.18. The highest BCUT2D eigenvalue weighted by Crippen LogP contribution is 2.30. The van der Waals surface area contributed by atoms with E-state index < -0.39 is 0 Å². The molecule has 1 saturated carbocycles. The van der Waals surface area contributed by atoms with Crippen LogP contribution in [0.25, 0.3) is 0 Å². The molecule has 1 aliphatic rings. The number of hydrazine groups is 1. The number of anilines is 2. The van der Waals surface area contributed by atoms with Crippen LogP contribution in [0.2, 0.25) is 0 Å². The van der Waals surface area contributed by atoms with E-state index in [-0.39, 0.29) is 0 Å². The van der Waals surface area contributed by atoms with Gasteiger partial charge in [0.15, 0.2) is 0 Å². The van der Waals surface area contributed by atoms with Crippen LogP contribution >= 0.6 is 0 Å². The molecule has 1 heterocycles. The van der Waals surface area contributed by atoms with E-state index in [0.29, 0.717) is 30.6 Å². The van der Waals surface area contributed by atoms with Crippen LogP contribution < -0.4 is 20.9 Å². The summed E-state index contributed by atoms with van der Waals surface area (Å²) in [7, 11) is 0. The zero-order valence-electron chi connectivity index (χ0n) is 12.3. The molecule has 7 nitrogen and oxygen atoms in total. The summed E-state index contributed by atoms with van der Waals surface area (Å²) in [4.78, 5) is 15.1. The highest BCUT2D eigenvalue weighted by atomic mass is 16.5. The van der Waals surface area contributed by atoms with Crippen molar-refractivity contribution < 1.29 is 4.74 Å². The maximum atomic E-state index is 5.51. The molecular formula is C13H24N6O. The van der Waals surface area contributed by atoms with Crippen LogP contribution in [0.3, 0.4) is 0 Å². The number of hydrogen-bond acceptors (Lipinski definition) is 7. The Morgan fingerprint density at radius 1 is 1.25 bits per heavy atom. The monoisotopic (exact) mass is 280 g/mol. The quantitative estimate of drug-likeness (QED) is 0.526. The number of hydrogen-bond donors (Lipinski definition) is 2. The lowest BCUT2D eigenvalue weighted by atomic mass is 10.3. The lowest BCUT2D eigenvalue weighted by molar-refractivity contribution is 0.291. The molecule has 0 spiro atoms. The van der Waals surface area contributed by atoms with Crippen molar-refractivity contribution in [1.29, 1.82) is 0 Å². The molecule has 0 radical (unpaired) electrons. The minimum atomic E-state index is 0.340. The molecule has 0 unspecified atom stereocenters. The van der Waals surface area contributed by atoms with Crippen LogP contribution in [0.1, 0.15) is 46.0 Å². The molecular weight excluding hydrogens is 256 g/mol. The highest BCUT2D eigenvalue weighted by Gasteiger charge is 2.31.